The standard InChI is InChI=1S/C20H17ClN4O/c21-16-7-5-14(6-8-16)13-25-10-9-19(24-25)23-20(26)11-15-12-22-18-4-2-1-3-17(15)18/h1-10,12,22H,11,13H2,(H,23,24,26). The molecule has 4 aromatic rings. The number of nitrogens with zero attached hydrogens (tertiary/aromatic N) is 2. The average molecular weight is 365 g/mol. The van der Waals surface area contributed by atoms with Gasteiger partial charge in [0.1, 0.15) is 0 Å². The fourth-order valence-corrected chi connectivity index (χ4v) is 3.06. The normalized spacial score (nSPS) is 11.0. The predicted octanol–water partition coefficient (Wildman–Crippen LogP) is 4.25. The van der Waals surface area contributed by atoms with Crippen molar-refractivity contribution in [2.45, 2.75) is 13.0 Å². The summed E-state index contributed by atoms with van der Waals surface area (Å²) in [5.41, 5.74) is 3.09. The maximum Gasteiger partial charge on any atom is 0.230 e. The molecule has 0 aliphatic heterocycles. The number of benzene rings is 2. The second-order valence-electron chi connectivity index (χ2n) is 6.11. The topological polar surface area (TPSA) is 62.7 Å². The number of carbonyl (C=O) groups excluding carboxylic acids is 1. The summed E-state index contributed by atoms with van der Waals surface area (Å²) in [6.45, 7) is 0.621. The number of rotatable bonds is 5. The van der Waals surface area contributed by atoms with Crippen molar-refractivity contribution in [1.29, 1.82) is 0 Å². The molecule has 0 unspecified atom stereocenters. The van der Waals surface area contributed by atoms with Crippen molar-refractivity contribution >= 4 is 34.2 Å². The number of carbonyl (C=O) groups is 1. The molecule has 0 bridgehead atoms. The molecule has 0 saturated heterocycles. The molecular formula is C20H17ClN4O. The molecular weight excluding hydrogens is 348 g/mol. The summed E-state index contributed by atoms with van der Waals surface area (Å²) < 4.78 is 1.78. The van der Waals surface area contributed by atoms with Crippen LogP contribution in [0, 0.1) is 0 Å². The molecule has 6 heteroatoms. The van der Waals surface area contributed by atoms with E-state index in [0.29, 0.717) is 23.8 Å². The van der Waals surface area contributed by atoms with Crippen LogP contribution in [-0.2, 0) is 17.8 Å². The Labute approximate surface area is 155 Å². The minimum absolute atomic E-state index is 0.0912. The maximum atomic E-state index is 12.3. The van der Waals surface area contributed by atoms with Gasteiger partial charge in [-0.15, -0.1) is 0 Å². The molecule has 1 amide bonds. The van der Waals surface area contributed by atoms with Gasteiger partial charge in [0.05, 0.1) is 13.0 Å². The molecule has 5 nitrogen and oxygen atoms in total. The van der Waals surface area contributed by atoms with Gasteiger partial charge in [0, 0.05) is 34.4 Å². The molecule has 2 aromatic carbocycles. The number of aromatic nitrogens is 3. The van der Waals surface area contributed by atoms with Crippen LogP contribution in [0.4, 0.5) is 5.82 Å². The minimum atomic E-state index is -0.0912. The van der Waals surface area contributed by atoms with Crippen molar-refractivity contribution in [1.82, 2.24) is 14.8 Å². The summed E-state index contributed by atoms with van der Waals surface area (Å²) in [6.07, 6.45) is 4.02. The van der Waals surface area contributed by atoms with Gasteiger partial charge in [-0.3, -0.25) is 9.48 Å². The highest BCUT2D eigenvalue weighted by atomic mass is 35.5. The minimum Gasteiger partial charge on any atom is -0.361 e. The second kappa shape index (κ2) is 7.06. The average Bonchev–Trinajstić information content (AvgIpc) is 3.24. The Balaban J connectivity index is 1.40. The van der Waals surface area contributed by atoms with Gasteiger partial charge in [0.15, 0.2) is 5.82 Å². The van der Waals surface area contributed by atoms with Crippen LogP contribution in [0.15, 0.2) is 67.0 Å². The molecule has 26 heavy (non-hydrogen) atoms. The van der Waals surface area contributed by atoms with Crippen molar-refractivity contribution in [2.75, 3.05) is 5.32 Å². The summed E-state index contributed by atoms with van der Waals surface area (Å²) in [6, 6.07) is 17.4. The largest absolute Gasteiger partial charge is 0.361 e. The first kappa shape index (κ1) is 16.4. The number of aromatic amines is 1. The van der Waals surface area contributed by atoms with Gasteiger partial charge in [0.25, 0.3) is 0 Å². The van der Waals surface area contributed by atoms with Gasteiger partial charge in [-0.25, -0.2) is 0 Å². The van der Waals surface area contributed by atoms with Crippen LogP contribution in [0.25, 0.3) is 10.9 Å². The van der Waals surface area contributed by atoms with E-state index in [4.69, 9.17) is 11.6 Å². The third kappa shape index (κ3) is 3.63. The van der Waals surface area contributed by atoms with E-state index in [-0.39, 0.29) is 5.91 Å². The summed E-state index contributed by atoms with van der Waals surface area (Å²) in [5, 5.41) is 9.03. The molecule has 4 rings (SSSR count). The highest BCUT2D eigenvalue weighted by Crippen LogP contribution is 2.18. The summed E-state index contributed by atoms with van der Waals surface area (Å²) in [5.74, 6) is 0.454. The van der Waals surface area contributed by atoms with Crippen LogP contribution in [0.2, 0.25) is 5.02 Å². The lowest BCUT2D eigenvalue weighted by molar-refractivity contribution is -0.115. The monoisotopic (exact) mass is 364 g/mol. The van der Waals surface area contributed by atoms with Crippen LogP contribution >= 0.6 is 11.6 Å². The third-order valence-electron chi connectivity index (χ3n) is 4.19. The van der Waals surface area contributed by atoms with Crippen LogP contribution in [0.5, 0.6) is 0 Å². The quantitative estimate of drug-likeness (QED) is 0.556. The number of hydrogen-bond acceptors (Lipinski definition) is 2. The van der Waals surface area contributed by atoms with Gasteiger partial charge in [-0.2, -0.15) is 5.10 Å². The van der Waals surface area contributed by atoms with E-state index in [1.165, 1.54) is 0 Å². The Hall–Kier alpha value is -3.05. The van der Waals surface area contributed by atoms with Gasteiger partial charge in [-0.1, -0.05) is 41.9 Å². The van der Waals surface area contributed by atoms with E-state index in [1.54, 1.807) is 10.7 Å². The Morgan fingerprint density at radius 2 is 1.92 bits per heavy atom. The van der Waals surface area contributed by atoms with Crippen LogP contribution in [-0.4, -0.2) is 20.7 Å². The number of H-pyrrole nitrogens is 1. The summed E-state index contributed by atoms with van der Waals surface area (Å²) in [7, 11) is 0. The lowest BCUT2D eigenvalue weighted by Crippen LogP contribution is -2.15. The van der Waals surface area contributed by atoms with Crippen LogP contribution in [0.3, 0.4) is 0 Å². The first-order valence-electron chi connectivity index (χ1n) is 8.30. The fraction of sp³-hybridized carbons (Fsp3) is 0.100. The van der Waals surface area contributed by atoms with Crippen LogP contribution in [0.1, 0.15) is 11.1 Å². The number of para-hydroxylation sites is 1. The summed E-state index contributed by atoms with van der Waals surface area (Å²) in [4.78, 5) is 15.5. The highest BCUT2D eigenvalue weighted by molar-refractivity contribution is 6.30. The number of halogens is 1. The van der Waals surface area contributed by atoms with Crippen molar-refractivity contribution in [3.63, 3.8) is 0 Å². The van der Waals surface area contributed by atoms with E-state index in [1.807, 2.05) is 60.9 Å². The zero-order valence-electron chi connectivity index (χ0n) is 13.9. The Morgan fingerprint density at radius 1 is 1.12 bits per heavy atom. The van der Waals surface area contributed by atoms with E-state index in [0.717, 1.165) is 22.0 Å². The fourth-order valence-electron chi connectivity index (χ4n) is 2.93. The number of amides is 1. The number of hydrogen-bond donors (Lipinski definition) is 2. The van der Waals surface area contributed by atoms with Gasteiger partial charge in [0.2, 0.25) is 5.91 Å². The SMILES string of the molecule is O=C(Cc1c[nH]c2ccccc12)Nc1ccn(Cc2ccc(Cl)cc2)n1. The van der Waals surface area contributed by atoms with E-state index >= 15 is 0 Å². The molecule has 2 heterocycles. The Bertz CT molecular complexity index is 1050. The Morgan fingerprint density at radius 3 is 2.77 bits per heavy atom. The van der Waals surface area contributed by atoms with E-state index in [2.05, 4.69) is 15.4 Å². The first-order valence-corrected chi connectivity index (χ1v) is 8.68. The molecule has 0 fully saturated rings. The lowest BCUT2D eigenvalue weighted by atomic mass is 10.1. The van der Waals surface area contributed by atoms with Gasteiger partial charge >= 0.3 is 0 Å². The third-order valence-corrected chi connectivity index (χ3v) is 4.44. The van der Waals surface area contributed by atoms with Gasteiger partial charge < -0.3 is 10.3 Å². The van der Waals surface area contributed by atoms with Crippen LogP contribution < -0.4 is 5.32 Å². The second-order valence-corrected chi connectivity index (χ2v) is 6.55. The highest BCUT2D eigenvalue weighted by Gasteiger charge is 2.10. The van der Waals surface area contributed by atoms with Crippen molar-refractivity contribution in [3.8, 4) is 0 Å². The number of anilines is 1. The molecule has 2 N–H and O–H groups in total. The smallest absolute Gasteiger partial charge is 0.230 e. The molecule has 0 atom stereocenters. The lowest BCUT2D eigenvalue weighted by Gasteiger charge is -2.03. The Kier molecular flexibility index (Phi) is 4.46. The van der Waals surface area contributed by atoms with Gasteiger partial charge in [-0.05, 0) is 29.3 Å². The zero-order valence-corrected chi connectivity index (χ0v) is 14.7. The predicted molar refractivity (Wildman–Crippen MR) is 103 cm³/mol. The van der Waals surface area contributed by atoms with E-state index < -0.39 is 0 Å². The first-order chi connectivity index (χ1) is 12.7. The molecule has 2 aromatic heterocycles. The molecule has 0 aliphatic carbocycles. The van der Waals surface area contributed by atoms with Crippen molar-refractivity contribution < 1.29 is 4.79 Å². The zero-order chi connectivity index (χ0) is 17.9. The molecule has 0 aliphatic rings. The molecule has 0 saturated carbocycles. The number of nitrogens with one attached hydrogen (secondary N) is 2. The van der Waals surface area contributed by atoms with E-state index in [9.17, 15) is 4.79 Å². The summed E-state index contributed by atoms with van der Waals surface area (Å²) >= 11 is 5.90. The van der Waals surface area contributed by atoms with Crippen molar-refractivity contribution in [3.05, 3.63) is 83.1 Å². The molecule has 0 spiro atoms. The molecule has 130 valence electrons. The maximum absolute atomic E-state index is 12.3. The molecule has 0 radical (unpaired) electrons. The number of fused-ring (bicyclic) bond motifs is 1. The van der Waals surface area contributed by atoms with Crippen molar-refractivity contribution in [2.24, 2.45) is 0 Å².